The number of hydrogen-bond acceptors (Lipinski definition) is 2. The van der Waals surface area contributed by atoms with E-state index in [1.807, 2.05) is 31.2 Å². The molecule has 2 aromatic rings. The number of carbonyl (C=O) groups is 1. The smallest absolute Gasteiger partial charge is 0.241 e. The standard InChI is InChI=1S/C17H17Cl3N2O/c1-10(13-5-3-4-6-14(13)19)21-11(2)17(23)22-16-9-12(18)7-8-15(16)20/h3-11,21H,1-2H3,(H,22,23). The Bertz CT molecular complexity index is 706. The Hall–Kier alpha value is -1.26. The molecule has 1 amide bonds. The number of halogens is 3. The maximum Gasteiger partial charge on any atom is 0.241 e. The van der Waals surface area contributed by atoms with Crippen molar-refractivity contribution < 1.29 is 4.79 Å². The largest absolute Gasteiger partial charge is 0.323 e. The second kappa shape index (κ2) is 8.02. The van der Waals surface area contributed by atoms with Crippen LogP contribution in [0.4, 0.5) is 5.69 Å². The Morgan fingerprint density at radius 2 is 1.70 bits per heavy atom. The molecular formula is C17H17Cl3N2O. The quantitative estimate of drug-likeness (QED) is 0.746. The normalized spacial score (nSPS) is 13.4. The lowest BCUT2D eigenvalue weighted by atomic mass is 10.1. The van der Waals surface area contributed by atoms with E-state index in [9.17, 15) is 4.79 Å². The molecule has 0 heterocycles. The van der Waals surface area contributed by atoms with Gasteiger partial charge in [0.2, 0.25) is 5.91 Å². The number of hydrogen-bond donors (Lipinski definition) is 2. The molecule has 2 aromatic carbocycles. The molecule has 0 fully saturated rings. The fourth-order valence-electron chi connectivity index (χ4n) is 2.20. The molecule has 2 atom stereocenters. The first-order chi connectivity index (χ1) is 10.9. The number of carbonyl (C=O) groups excluding carboxylic acids is 1. The van der Waals surface area contributed by atoms with E-state index < -0.39 is 6.04 Å². The average molecular weight is 372 g/mol. The van der Waals surface area contributed by atoms with Gasteiger partial charge in [0.05, 0.1) is 16.8 Å². The van der Waals surface area contributed by atoms with Crippen LogP contribution in [0.2, 0.25) is 15.1 Å². The molecule has 6 heteroatoms. The van der Waals surface area contributed by atoms with Gasteiger partial charge in [-0.15, -0.1) is 0 Å². The van der Waals surface area contributed by atoms with Crippen LogP contribution in [-0.2, 0) is 4.79 Å². The highest BCUT2D eigenvalue weighted by Gasteiger charge is 2.18. The Labute approximate surface area is 150 Å². The summed E-state index contributed by atoms with van der Waals surface area (Å²) in [6.45, 7) is 3.73. The Morgan fingerprint density at radius 1 is 1.00 bits per heavy atom. The zero-order valence-electron chi connectivity index (χ0n) is 12.7. The molecular weight excluding hydrogens is 355 g/mol. The lowest BCUT2D eigenvalue weighted by molar-refractivity contribution is -0.117. The number of rotatable bonds is 5. The predicted octanol–water partition coefficient (Wildman–Crippen LogP) is 5.32. The number of anilines is 1. The van der Waals surface area contributed by atoms with Gasteiger partial charge in [-0.05, 0) is 43.7 Å². The second-order valence-electron chi connectivity index (χ2n) is 5.24. The molecule has 0 aromatic heterocycles. The van der Waals surface area contributed by atoms with Crippen molar-refractivity contribution in [2.24, 2.45) is 0 Å². The van der Waals surface area contributed by atoms with E-state index >= 15 is 0 Å². The van der Waals surface area contributed by atoms with E-state index in [0.29, 0.717) is 20.8 Å². The van der Waals surface area contributed by atoms with Crippen molar-refractivity contribution in [3.63, 3.8) is 0 Å². The lowest BCUT2D eigenvalue weighted by Crippen LogP contribution is -2.39. The summed E-state index contributed by atoms with van der Waals surface area (Å²) < 4.78 is 0. The van der Waals surface area contributed by atoms with E-state index in [4.69, 9.17) is 34.8 Å². The fraction of sp³-hybridized carbons (Fsp3) is 0.235. The van der Waals surface area contributed by atoms with Crippen molar-refractivity contribution in [2.75, 3.05) is 5.32 Å². The predicted molar refractivity (Wildman–Crippen MR) is 97.6 cm³/mol. The molecule has 2 N–H and O–H groups in total. The third kappa shape index (κ3) is 4.85. The van der Waals surface area contributed by atoms with E-state index in [1.54, 1.807) is 25.1 Å². The lowest BCUT2D eigenvalue weighted by Gasteiger charge is -2.21. The summed E-state index contributed by atoms with van der Waals surface area (Å²) in [6, 6.07) is 12.0. The average Bonchev–Trinajstić information content (AvgIpc) is 2.51. The van der Waals surface area contributed by atoms with Crippen LogP contribution in [0.25, 0.3) is 0 Å². The minimum Gasteiger partial charge on any atom is -0.323 e. The van der Waals surface area contributed by atoms with Gasteiger partial charge in [-0.25, -0.2) is 0 Å². The molecule has 2 unspecified atom stereocenters. The zero-order valence-corrected chi connectivity index (χ0v) is 15.0. The highest BCUT2D eigenvalue weighted by atomic mass is 35.5. The van der Waals surface area contributed by atoms with Gasteiger partial charge in [0.25, 0.3) is 0 Å². The van der Waals surface area contributed by atoms with Crippen LogP contribution in [0.1, 0.15) is 25.5 Å². The highest BCUT2D eigenvalue weighted by Crippen LogP contribution is 2.26. The summed E-state index contributed by atoms with van der Waals surface area (Å²) in [4.78, 5) is 12.3. The monoisotopic (exact) mass is 370 g/mol. The molecule has 0 spiro atoms. The summed E-state index contributed by atoms with van der Waals surface area (Å²) in [6.07, 6.45) is 0. The molecule has 0 bridgehead atoms. The van der Waals surface area contributed by atoms with Gasteiger partial charge < -0.3 is 5.32 Å². The van der Waals surface area contributed by atoms with Gasteiger partial charge in [0, 0.05) is 16.1 Å². The van der Waals surface area contributed by atoms with E-state index in [2.05, 4.69) is 10.6 Å². The van der Waals surface area contributed by atoms with Crippen LogP contribution < -0.4 is 10.6 Å². The first-order valence-corrected chi connectivity index (χ1v) is 8.28. The van der Waals surface area contributed by atoms with Crippen LogP contribution in [0.5, 0.6) is 0 Å². The van der Waals surface area contributed by atoms with Crippen molar-refractivity contribution in [3.05, 3.63) is 63.1 Å². The van der Waals surface area contributed by atoms with Gasteiger partial charge in [0.1, 0.15) is 0 Å². The number of amides is 1. The third-order valence-electron chi connectivity index (χ3n) is 3.45. The van der Waals surface area contributed by atoms with Crippen LogP contribution >= 0.6 is 34.8 Å². The molecule has 3 nitrogen and oxygen atoms in total. The molecule has 0 saturated heterocycles. The van der Waals surface area contributed by atoms with Gasteiger partial charge in [-0.1, -0.05) is 53.0 Å². The van der Waals surface area contributed by atoms with E-state index in [1.165, 1.54) is 0 Å². The fourth-order valence-corrected chi connectivity index (χ4v) is 2.84. The minimum atomic E-state index is -0.434. The minimum absolute atomic E-state index is 0.0701. The Balaban J connectivity index is 2.02. The summed E-state index contributed by atoms with van der Waals surface area (Å²) in [5.41, 5.74) is 1.43. The van der Waals surface area contributed by atoms with Crippen molar-refractivity contribution in [1.29, 1.82) is 0 Å². The van der Waals surface area contributed by atoms with Gasteiger partial charge in [-0.3, -0.25) is 10.1 Å². The summed E-state index contributed by atoms with van der Waals surface area (Å²) in [5, 5.41) is 7.60. The van der Waals surface area contributed by atoms with E-state index in [-0.39, 0.29) is 11.9 Å². The zero-order chi connectivity index (χ0) is 17.0. The second-order valence-corrected chi connectivity index (χ2v) is 6.50. The summed E-state index contributed by atoms with van der Waals surface area (Å²) in [7, 11) is 0. The molecule has 0 radical (unpaired) electrons. The number of benzene rings is 2. The maximum atomic E-state index is 12.3. The number of nitrogens with one attached hydrogen (secondary N) is 2. The molecule has 0 aliphatic carbocycles. The summed E-state index contributed by atoms with van der Waals surface area (Å²) in [5.74, 6) is -0.201. The topological polar surface area (TPSA) is 41.1 Å². The Morgan fingerprint density at radius 3 is 2.39 bits per heavy atom. The van der Waals surface area contributed by atoms with Gasteiger partial charge >= 0.3 is 0 Å². The van der Waals surface area contributed by atoms with Gasteiger partial charge in [-0.2, -0.15) is 0 Å². The van der Waals surface area contributed by atoms with E-state index in [0.717, 1.165) is 5.56 Å². The first-order valence-electron chi connectivity index (χ1n) is 7.15. The van der Waals surface area contributed by atoms with Crippen molar-refractivity contribution in [2.45, 2.75) is 25.9 Å². The van der Waals surface area contributed by atoms with Crippen molar-refractivity contribution in [1.82, 2.24) is 5.32 Å². The molecule has 122 valence electrons. The SMILES string of the molecule is CC(NC(C)c1ccccc1Cl)C(=O)Nc1cc(Cl)ccc1Cl. The first kappa shape index (κ1) is 18.1. The maximum absolute atomic E-state index is 12.3. The van der Waals surface area contributed by atoms with Crippen LogP contribution in [0.15, 0.2) is 42.5 Å². The van der Waals surface area contributed by atoms with Gasteiger partial charge in [0.15, 0.2) is 0 Å². The van der Waals surface area contributed by atoms with Crippen molar-refractivity contribution in [3.8, 4) is 0 Å². The highest BCUT2D eigenvalue weighted by molar-refractivity contribution is 6.35. The van der Waals surface area contributed by atoms with Crippen molar-refractivity contribution >= 4 is 46.4 Å². The third-order valence-corrected chi connectivity index (χ3v) is 4.36. The Kier molecular flexibility index (Phi) is 6.31. The molecule has 23 heavy (non-hydrogen) atoms. The van der Waals surface area contributed by atoms with Crippen LogP contribution in [0, 0.1) is 0 Å². The molecule has 0 saturated carbocycles. The summed E-state index contributed by atoms with van der Waals surface area (Å²) >= 11 is 18.2. The molecule has 0 aliphatic rings. The van der Waals surface area contributed by atoms with Crippen LogP contribution in [-0.4, -0.2) is 11.9 Å². The molecule has 2 rings (SSSR count). The van der Waals surface area contributed by atoms with Crippen LogP contribution in [0.3, 0.4) is 0 Å². The molecule has 0 aliphatic heterocycles.